The van der Waals surface area contributed by atoms with Gasteiger partial charge in [-0.25, -0.2) is 0 Å². The Morgan fingerprint density at radius 1 is 1.00 bits per heavy atom. The minimum absolute atomic E-state index is 0.106. The lowest BCUT2D eigenvalue weighted by molar-refractivity contribution is -0.142. The first-order valence-corrected chi connectivity index (χ1v) is 12.1. The largest absolute Gasteiger partial charge is 0.480 e. The number of aliphatic carboxylic acids is 1. The van der Waals surface area contributed by atoms with Gasteiger partial charge in [-0.1, -0.05) is 69.3 Å². The Labute approximate surface area is 157 Å². The molecular weight excluding hydrogens is 340 g/mol. The van der Waals surface area contributed by atoms with Crippen LogP contribution in [-0.4, -0.2) is 26.0 Å². The summed E-state index contributed by atoms with van der Waals surface area (Å²) in [5.41, 5.74) is 2.78. The molecule has 3 nitrogen and oxygen atoms in total. The minimum atomic E-state index is -1.92. The zero-order chi connectivity index (χ0) is 19.2. The Morgan fingerprint density at radius 3 is 1.88 bits per heavy atom. The number of carboxylic acids is 1. The van der Waals surface area contributed by atoms with E-state index in [-0.39, 0.29) is 5.04 Å². The van der Waals surface area contributed by atoms with Crippen molar-refractivity contribution in [1.29, 1.82) is 0 Å². The van der Waals surface area contributed by atoms with Crippen LogP contribution >= 0.6 is 0 Å². The van der Waals surface area contributed by atoms with E-state index < -0.39 is 19.7 Å². The summed E-state index contributed by atoms with van der Waals surface area (Å²) in [6, 6.07) is 15.8. The molecule has 0 spiro atoms. The molecule has 0 radical (unpaired) electrons. The SMILES string of the molecule is CC(C)(C)[Si](C)(C)OCCC1(C(=O)O)c2ccccc2-c2ccccc21. The minimum Gasteiger partial charge on any atom is -0.480 e. The highest BCUT2D eigenvalue weighted by atomic mass is 28.4. The highest BCUT2D eigenvalue weighted by Crippen LogP contribution is 2.51. The lowest BCUT2D eigenvalue weighted by Gasteiger charge is -2.37. The van der Waals surface area contributed by atoms with Crippen molar-refractivity contribution in [3.05, 3.63) is 59.7 Å². The lowest BCUT2D eigenvalue weighted by atomic mass is 9.75. The Kier molecular flexibility index (Phi) is 4.61. The van der Waals surface area contributed by atoms with Gasteiger partial charge in [-0.3, -0.25) is 4.79 Å². The Hall–Kier alpha value is -1.91. The summed E-state index contributed by atoms with van der Waals surface area (Å²) in [6.45, 7) is 11.5. The van der Waals surface area contributed by atoms with Crippen LogP contribution in [0.2, 0.25) is 18.1 Å². The molecule has 138 valence electrons. The van der Waals surface area contributed by atoms with Crippen molar-refractivity contribution in [2.75, 3.05) is 6.61 Å². The van der Waals surface area contributed by atoms with Crippen molar-refractivity contribution in [2.45, 2.75) is 50.7 Å². The molecule has 0 amide bonds. The third-order valence-electron chi connectivity index (χ3n) is 6.18. The van der Waals surface area contributed by atoms with E-state index in [1.807, 2.05) is 48.5 Å². The Morgan fingerprint density at radius 2 is 1.46 bits per heavy atom. The van der Waals surface area contributed by atoms with Crippen LogP contribution < -0.4 is 0 Å². The van der Waals surface area contributed by atoms with Gasteiger partial charge < -0.3 is 9.53 Å². The zero-order valence-corrected chi connectivity index (χ0v) is 17.3. The van der Waals surface area contributed by atoms with Gasteiger partial charge in [0.15, 0.2) is 8.32 Å². The van der Waals surface area contributed by atoms with Crippen molar-refractivity contribution in [3.63, 3.8) is 0 Å². The first-order valence-electron chi connectivity index (χ1n) is 9.18. The maximum atomic E-state index is 12.6. The lowest BCUT2D eigenvalue weighted by Crippen LogP contribution is -2.43. The van der Waals surface area contributed by atoms with E-state index in [0.29, 0.717) is 13.0 Å². The van der Waals surface area contributed by atoms with Crippen LogP contribution in [0.3, 0.4) is 0 Å². The van der Waals surface area contributed by atoms with Crippen molar-refractivity contribution >= 4 is 14.3 Å². The average Bonchev–Trinajstić information content (AvgIpc) is 2.86. The molecule has 4 heteroatoms. The molecule has 0 bridgehead atoms. The van der Waals surface area contributed by atoms with E-state index in [1.54, 1.807) is 0 Å². The van der Waals surface area contributed by atoms with Crippen LogP contribution in [0, 0.1) is 0 Å². The van der Waals surface area contributed by atoms with E-state index in [4.69, 9.17) is 4.43 Å². The standard InChI is InChI=1S/C22H28O3Si/c1-21(2,3)26(4,5)25-15-14-22(20(23)24)18-12-8-6-10-16(18)17-11-7-9-13-19(17)22/h6-13H,14-15H2,1-5H3,(H,23,24). The van der Waals surface area contributed by atoms with E-state index in [1.165, 1.54) is 0 Å². The number of hydrogen-bond donors (Lipinski definition) is 1. The fraction of sp³-hybridized carbons (Fsp3) is 0.409. The quantitative estimate of drug-likeness (QED) is 0.714. The number of carbonyl (C=O) groups is 1. The second-order valence-corrected chi connectivity index (χ2v) is 13.5. The zero-order valence-electron chi connectivity index (χ0n) is 16.3. The predicted octanol–water partition coefficient (Wildman–Crippen LogP) is 5.45. The smallest absolute Gasteiger partial charge is 0.318 e. The first kappa shape index (κ1) is 18.9. The molecule has 3 rings (SSSR count). The van der Waals surface area contributed by atoms with Crippen LogP contribution in [0.15, 0.2) is 48.5 Å². The molecule has 0 aromatic heterocycles. The number of rotatable bonds is 5. The van der Waals surface area contributed by atoms with E-state index in [0.717, 1.165) is 22.3 Å². The molecule has 0 atom stereocenters. The first-order chi connectivity index (χ1) is 12.1. The molecule has 1 N–H and O–H groups in total. The molecule has 0 saturated heterocycles. The van der Waals surface area contributed by atoms with Crippen molar-refractivity contribution in [2.24, 2.45) is 0 Å². The molecule has 1 aliphatic rings. The Bertz CT molecular complexity index is 788. The van der Waals surface area contributed by atoms with Gasteiger partial charge in [0.05, 0.1) is 0 Å². The van der Waals surface area contributed by atoms with E-state index in [2.05, 4.69) is 33.9 Å². The van der Waals surface area contributed by atoms with Gasteiger partial charge in [0.2, 0.25) is 0 Å². The molecule has 2 aromatic rings. The van der Waals surface area contributed by atoms with Crippen LogP contribution in [0.25, 0.3) is 11.1 Å². The summed E-state index contributed by atoms with van der Waals surface area (Å²) in [5, 5.41) is 10.4. The van der Waals surface area contributed by atoms with Crippen molar-refractivity contribution < 1.29 is 14.3 Å². The number of hydrogen-bond acceptors (Lipinski definition) is 2. The molecule has 0 aliphatic heterocycles. The summed E-state index contributed by atoms with van der Waals surface area (Å²) in [6.07, 6.45) is 0.447. The number of carboxylic acid groups (broad SMARTS) is 1. The Balaban J connectivity index is 2.00. The van der Waals surface area contributed by atoms with Crippen LogP contribution in [-0.2, 0) is 14.6 Å². The molecule has 0 saturated carbocycles. The molecule has 1 aliphatic carbocycles. The fourth-order valence-corrected chi connectivity index (χ4v) is 4.65. The molecule has 26 heavy (non-hydrogen) atoms. The summed E-state index contributed by atoms with van der Waals surface area (Å²) in [7, 11) is -1.92. The van der Waals surface area contributed by atoms with Crippen LogP contribution in [0.4, 0.5) is 0 Å². The van der Waals surface area contributed by atoms with Gasteiger partial charge in [0.25, 0.3) is 0 Å². The summed E-state index contributed by atoms with van der Waals surface area (Å²) < 4.78 is 6.34. The van der Waals surface area contributed by atoms with E-state index >= 15 is 0 Å². The van der Waals surface area contributed by atoms with Gasteiger partial charge in [-0.2, -0.15) is 0 Å². The van der Waals surface area contributed by atoms with Gasteiger partial charge in [-0.05, 0) is 46.8 Å². The van der Waals surface area contributed by atoms with Crippen molar-refractivity contribution in [1.82, 2.24) is 0 Å². The monoisotopic (exact) mass is 368 g/mol. The van der Waals surface area contributed by atoms with Gasteiger partial charge in [-0.15, -0.1) is 0 Å². The van der Waals surface area contributed by atoms with Gasteiger partial charge >= 0.3 is 5.97 Å². The highest BCUT2D eigenvalue weighted by Gasteiger charge is 2.49. The number of fused-ring (bicyclic) bond motifs is 3. The maximum absolute atomic E-state index is 12.6. The van der Waals surface area contributed by atoms with Gasteiger partial charge in [0.1, 0.15) is 5.41 Å². The number of benzene rings is 2. The topological polar surface area (TPSA) is 46.5 Å². The summed E-state index contributed by atoms with van der Waals surface area (Å²) in [4.78, 5) is 12.6. The summed E-state index contributed by atoms with van der Waals surface area (Å²) >= 11 is 0. The van der Waals surface area contributed by atoms with Crippen LogP contribution in [0.5, 0.6) is 0 Å². The molecule has 2 aromatic carbocycles. The molecule has 0 fully saturated rings. The normalized spacial score (nSPS) is 15.4. The molecule has 0 heterocycles. The van der Waals surface area contributed by atoms with E-state index in [9.17, 15) is 9.90 Å². The third kappa shape index (κ3) is 2.81. The predicted molar refractivity (Wildman–Crippen MR) is 108 cm³/mol. The summed E-state index contributed by atoms with van der Waals surface area (Å²) in [5.74, 6) is -0.797. The highest BCUT2D eigenvalue weighted by molar-refractivity contribution is 6.74. The third-order valence-corrected chi connectivity index (χ3v) is 10.7. The van der Waals surface area contributed by atoms with Crippen molar-refractivity contribution in [3.8, 4) is 11.1 Å². The second kappa shape index (κ2) is 6.36. The average molecular weight is 369 g/mol. The molecular formula is C22H28O3Si. The fourth-order valence-electron chi connectivity index (χ4n) is 3.61. The second-order valence-electron chi connectivity index (χ2n) is 8.66. The van der Waals surface area contributed by atoms with Gasteiger partial charge in [0, 0.05) is 6.61 Å². The van der Waals surface area contributed by atoms with Crippen LogP contribution in [0.1, 0.15) is 38.3 Å². The molecule has 0 unspecified atom stereocenters. The maximum Gasteiger partial charge on any atom is 0.318 e.